The molecule has 6 aromatic rings. The maximum Gasteiger partial charge on any atom is 0.296 e. The summed E-state index contributed by atoms with van der Waals surface area (Å²) in [5.74, 6) is -0.219. The van der Waals surface area contributed by atoms with Gasteiger partial charge in [0.1, 0.15) is 14.9 Å². The number of anilines is 2. The van der Waals surface area contributed by atoms with Crippen molar-refractivity contribution in [2.24, 2.45) is 0 Å². The molecule has 4 aromatic carbocycles. The molecule has 0 aliphatic rings. The number of nitrogens with zero attached hydrogens (tertiary/aromatic N) is 2. The largest absolute Gasteiger partial charge is 0.399 e. The molecule has 0 saturated heterocycles. The first-order valence-corrected chi connectivity index (χ1v) is 14.8. The van der Waals surface area contributed by atoms with Gasteiger partial charge >= 0.3 is 0 Å². The monoisotopic (exact) mass is 572 g/mol. The number of thiazole rings is 2. The van der Waals surface area contributed by atoms with E-state index in [1.165, 1.54) is 22.7 Å². The number of amides is 1. The van der Waals surface area contributed by atoms with Crippen molar-refractivity contribution in [3.05, 3.63) is 90.0 Å². The topological polar surface area (TPSA) is 135 Å². The molecular weight excluding hydrogens is 553 g/mol. The lowest BCUT2D eigenvalue weighted by molar-refractivity contribution is 0.102. The zero-order valence-electron chi connectivity index (χ0n) is 20.4. The SMILES string of the molecule is Cc1ccc2nc(-c3ccc4nc(-c5ccc(NC(=O)c6ccc(N)cc6)cc5)sc4c3)sc2c1S(=O)(=O)O. The number of rotatable bonds is 5. The van der Waals surface area contributed by atoms with Gasteiger partial charge in [0.15, 0.2) is 0 Å². The van der Waals surface area contributed by atoms with Crippen molar-refractivity contribution in [3.8, 4) is 21.1 Å². The quantitative estimate of drug-likeness (QED) is 0.156. The summed E-state index contributed by atoms with van der Waals surface area (Å²) in [7, 11) is -4.38. The Morgan fingerprint density at radius 2 is 1.49 bits per heavy atom. The van der Waals surface area contributed by atoms with E-state index in [-0.39, 0.29) is 10.8 Å². The van der Waals surface area contributed by atoms with E-state index in [4.69, 9.17) is 10.7 Å². The molecule has 0 aliphatic carbocycles. The van der Waals surface area contributed by atoms with E-state index in [2.05, 4.69) is 10.3 Å². The molecule has 1 amide bonds. The Kier molecular flexibility index (Phi) is 6.15. The average molecular weight is 573 g/mol. The molecule has 2 aromatic heterocycles. The molecule has 39 heavy (non-hydrogen) atoms. The highest BCUT2D eigenvalue weighted by Crippen LogP contribution is 2.38. The van der Waals surface area contributed by atoms with E-state index in [0.29, 0.717) is 37.7 Å². The van der Waals surface area contributed by atoms with Crippen molar-refractivity contribution in [1.29, 1.82) is 0 Å². The minimum atomic E-state index is -4.38. The van der Waals surface area contributed by atoms with Gasteiger partial charge in [-0.15, -0.1) is 22.7 Å². The predicted molar refractivity (Wildman–Crippen MR) is 157 cm³/mol. The predicted octanol–water partition coefficient (Wildman–Crippen LogP) is 6.63. The summed E-state index contributed by atoms with van der Waals surface area (Å²) in [6.45, 7) is 1.65. The molecule has 8 nitrogen and oxygen atoms in total. The van der Waals surface area contributed by atoms with Crippen LogP contribution in [0.3, 0.4) is 0 Å². The number of carbonyl (C=O) groups is 1. The maximum absolute atomic E-state index is 12.5. The van der Waals surface area contributed by atoms with Crippen LogP contribution in [-0.2, 0) is 10.1 Å². The van der Waals surface area contributed by atoms with E-state index in [9.17, 15) is 17.8 Å². The second kappa shape index (κ2) is 9.54. The fourth-order valence-corrected chi connectivity index (χ4v) is 7.54. The Bertz CT molecular complexity index is 2000. The van der Waals surface area contributed by atoms with E-state index in [1.54, 1.807) is 43.3 Å². The molecule has 0 aliphatic heterocycles. The summed E-state index contributed by atoms with van der Waals surface area (Å²) in [5, 5.41) is 4.36. The molecule has 0 bridgehead atoms. The van der Waals surface area contributed by atoms with E-state index < -0.39 is 10.1 Å². The molecule has 11 heteroatoms. The minimum absolute atomic E-state index is 0.0991. The van der Waals surface area contributed by atoms with E-state index >= 15 is 0 Å². The highest BCUT2D eigenvalue weighted by Gasteiger charge is 2.21. The van der Waals surface area contributed by atoms with Crippen LogP contribution in [0.2, 0.25) is 0 Å². The third-order valence-electron chi connectivity index (χ3n) is 6.16. The van der Waals surface area contributed by atoms with Crippen LogP contribution in [0, 0.1) is 6.92 Å². The number of aromatic nitrogens is 2. The van der Waals surface area contributed by atoms with Gasteiger partial charge in [-0.25, -0.2) is 9.97 Å². The number of nitrogens with one attached hydrogen (secondary N) is 1. The van der Waals surface area contributed by atoms with Crippen molar-refractivity contribution < 1.29 is 17.8 Å². The highest BCUT2D eigenvalue weighted by atomic mass is 32.2. The van der Waals surface area contributed by atoms with Gasteiger partial charge in [-0.3, -0.25) is 9.35 Å². The molecule has 194 valence electrons. The summed E-state index contributed by atoms with van der Waals surface area (Å²) >= 11 is 2.75. The van der Waals surface area contributed by atoms with Gasteiger partial charge in [0.25, 0.3) is 16.0 Å². The average Bonchev–Trinajstić information content (AvgIpc) is 3.52. The number of benzene rings is 4. The van der Waals surface area contributed by atoms with Gasteiger partial charge in [0, 0.05) is 28.1 Å². The first kappa shape index (κ1) is 25.1. The second-order valence-corrected chi connectivity index (χ2v) is 12.3. The smallest absolute Gasteiger partial charge is 0.296 e. The van der Waals surface area contributed by atoms with Crippen LogP contribution in [0.5, 0.6) is 0 Å². The lowest BCUT2D eigenvalue weighted by Gasteiger charge is -2.06. The van der Waals surface area contributed by atoms with Crippen molar-refractivity contribution in [2.75, 3.05) is 11.1 Å². The molecule has 4 N–H and O–H groups in total. The number of nitrogen functional groups attached to an aromatic ring is 1. The summed E-state index contributed by atoms with van der Waals surface area (Å²) in [6.07, 6.45) is 0. The van der Waals surface area contributed by atoms with E-state index in [1.807, 2.05) is 42.5 Å². The zero-order chi connectivity index (χ0) is 27.3. The van der Waals surface area contributed by atoms with Crippen LogP contribution < -0.4 is 11.1 Å². The van der Waals surface area contributed by atoms with Crippen LogP contribution in [0.15, 0.2) is 83.8 Å². The summed E-state index contributed by atoms with van der Waals surface area (Å²) in [5.41, 5.74) is 11.0. The molecular formula is C28H20N4O4S3. The Morgan fingerprint density at radius 1 is 0.846 bits per heavy atom. The van der Waals surface area contributed by atoms with Gasteiger partial charge in [0.05, 0.1) is 20.4 Å². The zero-order valence-corrected chi connectivity index (χ0v) is 22.8. The summed E-state index contributed by atoms with van der Waals surface area (Å²) in [4.78, 5) is 21.8. The first-order chi connectivity index (χ1) is 18.7. The Hall–Kier alpha value is -4.16. The Morgan fingerprint density at radius 3 is 2.21 bits per heavy atom. The number of nitrogens with two attached hydrogens (primary N) is 1. The second-order valence-electron chi connectivity index (χ2n) is 8.91. The van der Waals surface area contributed by atoms with Crippen LogP contribution in [-0.4, -0.2) is 28.8 Å². The minimum Gasteiger partial charge on any atom is -0.399 e. The van der Waals surface area contributed by atoms with E-state index in [0.717, 1.165) is 26.4 Å². The standard InChI is InChI=1S/C28H20N4O4S3/c1-15-2-12-22-24(25(15)39(34,35)36)38-28(32-22)18-7-13-21-23(14-18)37-27(31-21)17-5-10-20(11-6-17)30-26(33)16-3-8-19(29)9-4-16/h2-14H,29H2,1H3,(H,30,33)(H,34,35,36). The third kappa shape index (κ3) is 4.88. The number of fused-ring (bicyclic) bond motifs is 2. The van der Waals surface area contributed by atoms with Gasteiger partial charge < -0.3 is 11.1 Å². The highest BCUT2D eigenvalue weighted by molar-refractivity contribution is 7.86. The fourth-order valence-electron chi connectivity index (χ4n) is 4.23. The van der Waals surface area contributed by atoms with Crippen LogP contribution >= 0.6 is 22.7 Å². The van der Waals surface area contributed by atoms with Gasteiger partial charge in [-0.1, -0.05) is 6.07 Å². The molecule has 0 radical (unpaired) electrons. The fraction of sp³-hybridized carbons (Fsp3) is 0.0357. The van der Waals surface area contributed by atoms with Crippen molar-refractivity contribution in [2.45, 2.75) is 11.8 Å². The van der Waals surface area contributed by atoms with Crippen molar-refractivity contribution >= 4 is 70.5 Å². The summed E-state index contributed by atoms with van der Waals surface area (Å²) in [6, 6.07) is 23.4. The molecule has 0 saturated carbocycles. The molecule has 0 fully saturated rings. The van der Waals surface area contributed by atoms with Gasteiger partial charge in [-0.05, 0) is 85.3 Å². The lowest BCUT2D eigenvalue weighted by Crippen LogP contribution is -2.11. The normalized spacial score (nSPS) is 11.7. The third-order valence-corrected chi connectivity index (χ3v) is 9.54. The van der Waals surface area contributed by atoms with Crippen LogP contribution in [0.4, 0.5) is 11.4 Å². The molecule has 0 atom stereocenters. The molecule has 0 spiro atoms. The molecule has 6 rings (SSSR count). The van der Waals surface area contributed by atoms with Crippen molar-refractivity contribution in [3.63, 3.8) is 0 Å². The molecule has 2 heterocycles. The maximum atomic E-state index is 12.5. The number of hydrogen-bond donors (Lipinski definition) is 3. The van der Waals surface area contributed by atoms with Crippen LogP contribution in [0.25, 0.3) is 41.6 Å². The van der Waals surface area contributed by atoms with Crippen molar-refractivity contribution in [1.82, 2.24) is 9.97 Å². The molecule has 0 unspecified atom stereocenters. The number of carbonyl (C=O) groups excluding carboxylic acids is 1. The first-order valence-electron chi connectivity index (χ1n) is 11.7. The van der Waals surface area contributed by atoms with Crippen LogP contribution in [0.1, 0.15) is 15.9 Å². The Labute approximate surface area is 231 Å². The number of aryl methyl sites for hydroxylation is 1. The summed E-state index contributed by atoms with van der Waals surface area (Å²) < 4.78 is 35.1. The number of hydrogen-bond acceptors (Lipinski definition) is 8. The Balaban J connectivity index is 1.27. The van der Waals surface area contributed by atoms with Gasteiger partial charge in [-0.2, -0.15) is 8.42 Å². The van der Waals surface area contributed by atoms with Gasteiger partial charge in [0.2, 0.25) is 0 Å². The lowest BCUT2D eigenvalue weighted by atomic mass is 10.1.